The number of ether oxygens (including phenoxy) is 2. The molecule has 1 aliphatic carbocycles. The Balaban J connectivity index is 1.98. The fraction of sp³-hybridized carbons (Fsp3) is 0.333. The number of hydrogen-bond acceptors (Lipinski definition) is 10. The number of aromatic nitrogens is 2. The van der Waals surface area contributed by atoms with Gasteiger partial charge in [0.05, 0.1) is 31.8 Å². The summed E-state index contributed by atoms with van der Waals surface area (Å²) in [5.74, 6) is 0.625. The second kappa shape index (κ2) is 8.61. The van der Waals surface area contributed by atoms with Gasteiger partial charge in [-0.15, -0.1) is 10.2 Å². The number of anilines is 1. The number of Topliss-reactive ketones (excluding diaryl/α,β-unsaturated/α-hetero) is 1. The number of nitrogens with two attached hydrogens (primary N) is 1. The molecule has 10 heteroatoms. The molecule has 0 fully saturated rings. The molecule has 2 heterocycles. The summed E-state index contributed by atoms with van der Waals surface area (Å²) in [5, 5.41) is 19.1. The van der Waals surface area contributed by atoms with E-state index in [-0.39, 0.29) is 17.2 Å². The highest BCUT2D eigenvalue weighted by atomic mass is 32.2. The molecular weight excluding hydrogens is 434 g/mol. The minimum atomic E-state index is -0.637. The van der Waals surface area contributed by atoms with Crippen molar-refractivity contribution in [2.45, 2.75) is 29.5 Å². The van der Waals surface area contributed by atoms with Crippen LogP contribution in [0.5, 0.6) is 11.5 Å². The Morgan fingerprint density at radius 3 is 2.74 bits per heavy atom. The molecule has 160 valence electrons. The normalized spacial score (nSPS) is 18.7. The topological polar surface area (TPSA) is 114 Å². The average Bonchev–Trinajstić information content (AvgIpc) is 3.26. The quantitative estimate of drug-likeness (QED) is 0.676. The van der Waals surface area contributed by atoms with Crippen LogP contribution >= 0.6 is 23.1 Å². The molecular formula is C21H21N5O3S2. The Morgan fingerprint density at radius 1 is 1.29 bits per heavy atom. The Kier molecular flexibility index (Phi) is 5.89. The third kappa shape index (κ3) is 3.43. The van der Waals surface area contributed by atoms with Crippen LogP contribution in [0.25, 0.3) is 0 Å². The summed E-state index contributed by atoms with van der Waals surface area (Å²) < 4.78 is 11.9. The SMILES string of the molecule is COc1cccc(C2C(C#N)=C(N)N(c3nnc(SC)s3)C3=C2C(=O)CCC3)c1OC. The van der Waals surface area contributed by atoms with Crippen molar-refractivity contribution in [2.75, 3.05) is 25.4 Å². The van der Waals surface area contributed by atoms with Gasteiger partial charge in [0.1, 0.15) is 5.82 Å². The maximum atomic E-state index is 13.2. The van der Waals surface area contributed by atoms with Crippen molar-refractivity contribution in [3.8, 4) is 17.6 Å². The van der Waals surface area contributed by atoms with Gasteiger partial charge in [0.15, 0.2) is 21.6 Å². The average molecular weight is 456 g/mol. The molecule has 4 rings (SSSR count). The fourth-order valence-corrected chi connectivity index (χ4v) is 5.43. The molecule has 8 nitrogen and oxygen atoms in total. The molecule has 0 saturated heterocycles. The van der Waals surface area contributed by atoms with E-state index in [1.807, 2.05) is 18.4 Å². The molecule has 31 heavy (non-hydrogen) atoms. The van der Waals surface area contributed by atoms with Crippen LogP contribution in [0, 0.1) is 11.3 Å². The molecule has 2 N–H and O–H groups in total. The van der Waals surface area contributed by atoms with Gasteiger partial charge in [-0.1, -0.05) is 35.2 Å². The fourth-order valence-electron chi connectivity index (χ4n) is 4.13. The van der Waals surface area contributed by atoms with E-state index in [0.29, 0.717) is 47.0 Å². The molecule has 1 aromatic carbocycles. The Bertz CT molecular complexity index is 1150. The summed E-state index contributed by atoms with van der Waals surface area (Å²) >= 11 is 2.86. The van der Waals surface area contributed by atoms with Crippen LogP contribution in [0.4, 0.5) is 5.13 Å². The summed E-state index contributed by atoms with van der Waals surface area (Å²) in [5.41, 5.74) is 8.84. The maximum Gasteiger partial charge on any atom is 0.219 e. The Hall–Kier alpha value is -3.03. The monoisotopic (exact) mass is 455 g/mol. The van der Waals surface area contributed by atoms with Crippen LogP contribution in [0.1, 0.15) is 30.7 Å². The number of allylic oxidation sites excluding steroid dienone is 3. The molecule has 1 aliphatic heterocycles. The third-order valence-corrected chi connectivity index (χ3v) is 7.30. The van der Waals surface area contributed by atoms with Crippen LogP contribution in [0.2, 0.25) is 0 Å². The number of benzene rings is 1. The molecule has 0 saturated carbocycles. The predicted molar refractivity (Wildman–Crippen MR) is 119 cm³/mol. The van der Waals surface area contributed by atoms with Crippen molar-refractivity contribution in [1.82, 2.24) is 10.2 Å². The molecule has 1 aromatic heterocycles. The van der Waals surface area contributed by atoms with Gasteiger partial charge >= 0.3 is 0 Å². The number of thioether (sulfide) groups is 1. The second-order valence-corrected chi connectivity index (χ2v) is 8.96. The lowest BCUT2D eigenvalue weighted by Gasteiger charge is -2.38. The molecule has 0 radical (unpaired) electrons. The van der Waals surface area contributed by atoms with E-state index in [2.05, 4.69) is 16.3 Å². The summed E-state index contributed by atoms with van der Waals surface area (Å²) in [6.45, 7) is 0. The first-order valence-corrected chi connectivity index (χ1v) is 11.6. The van der Waals surface area contributed by atoms with Gasteiger partial charge in [-0.25, -0.2) is 0 Å². The van der Waals surface area contributed by atoms with Crippen LogP contribution in [0.15, 0.2) is 45.2 Å². The lowest BCUT2D eigenvalue weighted by Crippen LogP contribution is -2.38. The minimum absolute atomic E-state index is 0.00372. The van der Waals surface area contributed by atoms with Gasteiger partial charge in [0.25, 0.3) is 0 Å². The number of methoxy groups -OCH3 is 2. The molecule has 0 amide bonds. The van der Waals surface area contributed by atoms with E-state index in [1.54, 1.807) is 25.2 Å². The molecule has 0 spiro atoms. The standard InChI is InChI=1S/C21H21N5O3S2/c1-28-15-9-4-6-11(18(15)29-2)16-12(10-22)19(23)26(20-24-25-21(30-3)31-20)13-7-5-8-14(27)17(13)16/h4,6,9,16H,5,7-8,23H2,1-3H3. The lowest BCUT2D eigenvalue weighted by molar-refractivity contribution is -0.116. The van der Waals surface area contributed by atoms with Gasteiger partial charge < -0.3 is 15.2 Å². The highest BCUT2D eigenvalue weighted by Crippen LogP contribution is 2.50. The van der Waals surface area contributed by atoms with Gasteiger partial charge in [-0.2, -0.15) is 5.26 Å². The van der Waals surface area contributed by atoms with Gasteiger partial charge in [0.2, 0.25) is 5.13 Å². The number of hydrogen-bond donors (Lipinski definition) is 1. The second-order valence-electron chi connectivity index (χ2n) is 6.95. The zero-order valence-electron chi connectivity index (χ0n) is 17.3. The van der Waals surface area contributed by atoms with E-state index in [0.717, 1.165) is 10.0 Å². The van der Waals surface area contributed by atoms with Gasteiger partial charge in [-0.3, -0.25) is 9.69 Å². The van der Waals surface area contributed by atoms with Gasteiger partial charge in [-0.05, 0) is 25.2 Å². The van der Waals surface area contributed by atoms with Crippen LogP contribution in [0.3, 0.4) is 0 Å². The molecule has 0 bridgehead atoms. The molecule has 1 unspecified atom stereocenters. The van der Waals surface area contributed by atoms with Crippen molar-refractivity contribution in [2.24, 2.45) is 5.73 Å². The van der Waals surface area contributed by atoms with Crippen LogP contribution in [-0.4, -0.2) is 36.5 Å². The van der Waals surface area contributed by atoms with E-state index in [9.17, 15) is 10.1 Å². The Labute approximate surface area is 188 Å². The summed E-state index contributed by atoms with van der Waals surface area (Å²) in [4.78, 5) is 14.9. The molecule has 2 aromatic rings. The van der Waals surface area contributed by atoms with Gasteiger partial charge in [0, 0.05) is 23.3 Å². The van der Waals surface area contributed by atoms with Crippen molar-refractivity contribution < 1.29 is 14.3 Å². The zero-order valence-corrected chi connectivity index (χ0v) is 19.0. The number of ketones is 1. The number of carbonyl (C=O) groups is 1. The number of para-hydroxylation sites is 1. The summed E-state index contributed by atoms with van der Waals surface area (Å²) in [7, 11) is 3.09. The first-order valence-electron chi connectivity index (χ1n) is 9.60. The van der Waals surface area contributed by atoms with E-state index < -0.39 is 5.92 Å². The number of nitrogens with zero attached hydrogens (tertiary/aromatic N) is 4. The number of nitriles is 1. The molecule has 1 atom stereocenters. The highest BCUT2D eigenvalue weighted by Gasteiger charge is 2.42. The lowest BCUT2D eigenvalue weighted by atomic mass is 9.75. The van der Waals surface area contributed by atoms with E-state index in [1.165, 1.54) is 23.1 Å². The van der Waals surface area contributed by atoms with E-state index >= 15 is 0 Å². The third-order valence-electron chi connectivity index (χ3n) is 5.42. The zero-order chi connectivity index (χ0) is 22.1. The predicted octanol–water partition coefficient (Wildman–Crippen LogP) is 3.58. The molecule has 2 aliphatic rings. The van der Waals surface area contributed by atoms with Crippen molar-refractivity contribution in [1.29, 1.82) is 5.26 Å². The van der Waals surface area contributed by atoms with Crippen molar-refractivity contribution >= 4 is 34.0 Å². The number of rotatable bonds is 5. The Morgan fingerprint density at radius 2 is 2.10 bits per heavy atom. The van der Waals surface area contributed by atoms with Crippen molar-refractivity contribution in [3.63, 3.8) is 0 Å². The largest absolute Gasteiger partial charge is 0.493 e. The van der Waals surface area contributed by atoms with Crippen LogP contribution in [-0.2, 0) is 4.79 Å². The summed E-state index contributed by atoms with van der Waals surface area (Å²) in [6, 6.07) is 7.68. The van der Waals surface area contributed by atoms with E-state index in [4.69, 9.17) is 15.2 Å². The number of carbonyl (C=O) groups excluding carboxylic acids is 1. The minimum Gasteiger partial charge on any atom is -0.493 e. The maximum absolute atomic E-state index is 13.2. The first-order chi connectivity index (χ1) is 15.0. The first kappa shape index (κ1) is 21.2. The smallest absolute Gasteiger partial charge is 0.219 e. The van der Waals surface area contributed by atoms with Crippen molar-refractivity contribution in [3.05, 3.63) is 46.4 Å². The van der Waals surface area contributed by atoms with Crippen LogP contribution < -0.4 is 20.1 Å². The summed E-state index contributed by atoms with van der Waals surface area (Å²) in [6.07, 6.45) is 3.69. The highest BCUT2D eigenvalue weighted by molar-refractivity contribution is 8.00.